The molecule has 0 amide bonds. The quantitative estimate of drug-likeness (QED) is 0.271. The SMILES string of the molecule is C=CC=CC(O)CCCCCCC=CC(O)CCCCC. The van der Waals surface area contributed by atoms with Gasteiger partial charge in [-0.15, -0.1) is 0 Å². The van der Waals surface area contributed by atoms with Crippen molar-refractivity contribution >= 4 is 0 Å². The first-order valence-corrected chi connectivity index (χ1v) is 8.52. The van der Waals surface area contributed by atoms with Crippen molar-refractivity contribution in [1.29, 1.82) is 0 Å². The Bertz CT molecular complexity index is 281. The molecule has 0 aromatic heterocycles. The maximum Gasteiger partial charge on any atom is 0.0723 e. The molecule has 2 N–H and O–H groups in total. The zero-order valence-corrected chi connectivity index (χ0v) is 13.7. The number of rotatable bonds is 14. The third kappa shape index (κ3) is 15.3. The van der Waals surface area contributed by atoms with Crippen LogP contribution >= 0.6 is 0 Å². The predicted octanol–water partition coefficient (Wildman–Crippen LogP) is 4.93. The fourth-order valence-electron chi connectivity index (χ4n) is 2.23. The van der Waals surface area contributed by atoms with Gasteiger partial charge in [-0.2, -0.15) is 0 Å². The van der Waals surface area contributed by atoms with Crippen LogP contribution in [0.15, 0.2) is 37.0 Å². The number of hydrogen-bond acceptors (Lipinski definition) is 2. The van der Waals surface area contributed by atoms with Crippen LogP contribution in [-0.2, 0) is 0 Å². The molecule has 0 aromatic carbocycles. The fourth-order valence-corrected chi connectivity index (χ4v) is 2.23. The van der Waals surface area contributed by atoms with Gasteiger partial charge in [-0.05, 0) is 25.7 Å². The second-order valence-corrected chi connectivity index (χ2v) is 5.67. The lowest BCUT2D eigenvalue weighted by Crippen LogP contribution is -2.01. The predicted molar refractivity (Wildman–Crippen MR) is 92.3 cm³/mol. The van der Waals surface area contributed by atoms with E-state index in [2.05, 4.69) is 19.6 Å². The van der Waals surface area contributed by atoms with Gasteiger partial charge in [-0.3, -0.25) is 0 Å². The van der Waals surface area contributed by atoms with Crippen LogP contribution < -0.4 is 0 Å². The third-order valence-electron chi connectivity index (χ3n) is 3.55. The van der Waals surface area contributed by atoms with Crippen LogP contribution in [0.25, 0.3) is 0 Å². The molecule has 2 atom stereocenters. The Morgan fingerprint density at radius 3 is 2.14 bits per heavy atom. The van der Waals surface area contributed by atoms with E-state index < -0.39 is 0 Å². The lowest BCUT2D eigenvalue weighted by Gasteiger charge is -2.05. The van der Waals surface area contributed by atoms with Gasteiger partial charge >= 0.3 is 0 Å². The summed E-state index contributed by atoms with van der Waals surface area (Å²) in [7, 11) is 0. The summed E-state index contributed by atoms with van der Waals surface area (Å²) in [6.07, 6.45) is 19.6. The van der Waals surface area contributed by atoms with Crippen molar-refractivity contribution in [2.24, 2.45) is 0 Å². The monoisotopic (exact) mass is 294 g/mol. The minimum Gasteiger partial charge on any atom is -0.389 e. The largest absolute Gasteiger partial charge is 0.389 e. The first kappa shape index (κ1) is 20.1. The van der Waals surface area contributed by atoms with E-state index in [4.69, 9.17) is 0 Å². The summed E-state index contributed by atoms with van der Waals surface area (Å²) in [5, 5.41) is 19.3. The molecule has 0 bridgehead atoms. The second kappa shape index (κ2) is 15.5. The Hall–Kier alpha value is -0.860. The molecule has 0 heterocycles. The van der Waals surface area contributed by atoms with Gasteiger partial charge in [0.05, 0.1) is 12.2 Å². The van der Waals surface area contributed by atoms with Crippen LogP contribution in [0, 0.1) is 0 Å². The van der Waals surface area contributed by atoms with Crippen LogP contribution in [0.3, 0.4) is 0 Å². The number of aliphatic hydroxyl groups excluding tert-OH is 2. The summed E-state index contributed by atoms with van der Waals surface area (Å²) in [6.45, 7) is 5.76. The molecule has 0 saturated carbocycles. The summed E-state index contributed by atoms with van der Waals surface area (Å²) in [5.74, 6) is 0. The van der Waals surface area contributed by atoms with Crippen molar-refractivity contribution in [2.45, 2.75) is 83.3 Å². The molecule has 21 heavy (non-hydrogen) atoms. The molecular weight excluding hydrogens is 260 g/mol. The van der Waals surface area contributed by atoms with Crippen molar-refractivity contribution < 1.29 is 10.2 Å². The highest BCUT2D eigenvalue weighted by Crippen LogP contribution is 2.09. The Balaban J connectivity index is 3.38. The zero-order chi connectivity index (χ0) is 15.8. The molecule has 0 radical (unpaired) electrons. The van der Waals surface area contributed by atoms with Crippen molar-refractivity contribution in [3.63, 3.8) is 0 Å². The van der Waals surface area contributed by atoms with Crippen molar-refractivity contribution in [1.82, 2.24) is 0 Å². The van der Waals surface area contributed by atoms with Gasteiger partial charge in [-0.25, -0.2) is 0 Å². The molecule has 0 fully saturated rings. The van der Waals surface area contributed by atoms with E-state index in [1.807, 2.05) is 6.08 Å². The highest BCUT2D eigenvalue weighted by Gasteiger charge is 1.99. The van der Waals surface area contributed by atoms with Crippen LogP contribution in [-0.4, -0.2) is 22.4 Å². The molecule has 2 heteroatoms. The number of aliphatic hydroxyl groups is 2. The molecule has 122 valence electrons. The van der Waals surface area contributed by atoms with Gasteiger partial charge in [-0.1, -0.05) is 82.4 Å². The maximum atomic E-state index is 9.72. The van der Waals surface area contributed by atoms with Crippen molar-refractivity contribution in [2.75, 3.05) is 0 Å². The molecule has 0 spiro atoms. The third-order valence-corrected chi connectivity index (χ3v) is 3.55. The van der Waals surface area contributed by atoms with E-state index in [-0.39, 0.29) is 12.2 Å². The minimum atomic E-state index is -0.332. The number of allylic oxidation sites excluding steroid dienone is 3. The Kier molecular flexibility index (Phi) is 14.9. The molecule has 0 saturated heterocycles. The van der Waals surface area contributed by atoms with Crippen molar-refractivity contribution in [3.8, 4) is 0 Å². The topological polar surface area (TPSA) is 40.5 Å². The van der Waals surface area contributed by atoms with Crippen LogP contribution in [0.2, 0.25) is 0 Å². The fraction of sp³-hybridized carbons (Fsp3) is 0.684. The molecule has 0 aliphatic heterocycles. The van der Waals surface area contributed by atoms with E-state index >= 15 is 0 Å². The maximum absolute atomic E-state index is 9.72. The summed E-state index contributed by atoms with van der Waals surface area (Å²) >= 11 is 0. The zero-order valence-electron chi connectivity index (χ0n) is 13.7. The molecule has 2 nitrogen and oxygen atoms in total. The highest BCUT2D eigenvalue weighted by molar-refractivity contribution is 5.00. The number of unbranched alkanes of at least 4 members (excludes halogenated alkanes) is 6. The van der Waals surface area contributed by atoms with E-state index in [0.717, 1.165) is 44.9 Å². The van der Waals surface area contributed by atoms with Gasteiger partial charge in [0.25, 0.3) is 0 Å². The molecular formula is C19H34O2. The standard InChI is InChI=1S/C19H34O2/c1-3-5-11-15-19(21)17-13-10-8-7-9-12-16-18(20)14-6-4-2/h4,6,13-14,17-21H,2-3,5,7-12,15-16H2,1H3. The van der Waals surface area contributed by atoms with Crippen LogP contribution in [0.1, 0.15) is 71.1 Å². The second-order valence-electron chi connectivity index (χ2n) is 5.67. The van der Waals surface area contributed by atoms with E-state index in [1.165, 1.54) is 19.3 Å². The molecule has 0 aliphatic carbocycles. The summed E-state index contributed by atoms with van der Waals surface area (Å²) < 4.78 is 0. The average molecular weight is 294 g/mol. The lowest BCUT2D eigenvalue weighted by atomic mass is 10.1. The summed E-state index contributed by atoms with van der Waals surface area (Å²) in [4.78, 5) is 0. The first-order valence-electron chi connectivity index (χ1n) is 8.52. The highest BCUT2D eigenvalue weighted by atomic mass is 16.3. The van der Waals surface area contributed by atoms with Crippen molar-refractivity contribution in [3.05, 3.63) is 37.0 Å². The summed E-state index contributed by atoms with van der Waals surface area (Å²) in [5.41, 5.74) is 0. The van der Waals surface area contributed by atoms with Gasteiger partial charge in [0.15, 0.2) is 0 Å². The van der Waals surface area contributed by atoms with E-state index in [1.54, 1.807) is 18.2 Å². The molecule has 2 unspecified atom stereocenters. The lowest BCUT2D eigenvalue weighted by molar-refractivity contribution is 0.207. The smallest absolute Gasteiger partial charge is 0.0723 e. The molecule has 0 aliphatic rings. The molecule has 0 rings (SSSR count). The Morgan fingerprint density at radius 2 is 1.48 bits per heavy atom. The first-order chi connectivity index (χ1) is 10.2. The number of hydrogen-bond donors (Lipinski definition) is 2. The normalized spacial score (nSPS) is 14.8. The van der Waals surface area contributed by atoms with Gasteiger partial charge in [0.2, 0.25) is 0 Å². The van der Waals surface area contributed by atoms with E-state index in [0.29, 0.717) is 0 Å². The average Bonchev–Trinajstić information content (AvgIpc) is 2.48. The van der Waals surface area contributed by atoms with Crippen LogP contribution in [0.4, 0.5) is 0 Å². The Labute approximate surface area is 131 Å². The van der Waals surface area contributed by atoms with Gasteiger partial charge < -0.3 is 10.2 Å². The summed E-state index contributed by atoms with van der Waals surface area (Å²) in [6, 6.07) is 0. The molecule has 0 aromatic rings. The van der Waals surface area contributed by atoms with Gasteiger partial charge in [0, 0.05) is 0 Å². The van der Waals surface area contributed by atoms with Crippen LogP contribution in [0.5, 0.6) is 0 Å². The van der Waals surface area contributed by atoms with Gasteiger partial charge in [0.1, 0.15) is 0 Å². The minimum absolute atomic E-state index is 0.261. The Morgan fingerprint density at radius 1 is 0.857 bits per heavy atom. The van der Waals surface area contributed by atoms with E-state index in [9.17, 15) is 10.2 Å².